The third-order valence-corrected chi connectivity index (χ3v) is 2.50. The Morgan fingerprint density at radius 1 is 1.39 bits per heavy atom. The number of rotatable bonds is 2. The van der Waals surface area contributed by atoms with Gasteiger partial charge in [-0.15, -0.1) is 0 Å². The zero-order valence-corrected chi connectivity index (χ0v) is 10.7. The lowest BCUT2D eigenvalue weighted by molar-refractivity contribution is -0.111. The van der Waals surface area contributed by atoms with E-state index in [2.05, 4.69) is 5.32 Å². The minimum Gasteiger partial charge on any atom is -0.465 e. The molecule has 7 nitrogen and oxygen atoms in total. The number of aldehydes is 1. The normalized spacial score (nSPS) is 23.6. The molecule has 0 saturated carbocycles. The van der Waals surface area contributed by atoms with Crippen molar-refractivity contribution >= 4 is 18.5 Å². The van der Waals surface area contributed by atoms with Gasteiger partial charge in [-0.1, -0.05) is 0 Å². The van der Waals surface area contributed by atoms with Crippen molar-refractivity contribution in [1.82, 2.24) is 10.2 Å². The number of hydrogen-bond acceptors (Lipinski definition) is 4. The topological polar surface area (TPSA) is 95.9 Å². The number of carbonyl (C=O) groups is 3. The molecule has 1 rings (SSSR count). The second-order valence-electron chi connectivity index (χ2n) is 5.24. The van der Waals surface area contributed by atoms with Crippen LogP contribution in [0.5, 0.6) is 0 Å². The van der Waals surface area contributed by atoms with Gasteiger partial charge in [-0.25, -0.2) is 9.59 Å². The van der Waals surface area contributed by atoms with E-state index in [4.69, 9.17) is 9.84 Å². The molecular formula is C11H18N2O5. The predicted octanol–water partition coefficient (Wildman–Crippen LogP) is 0.688. The molecule has 18 heavy (non-hydrogen) atoms. The van der Waals surface area contributed by atoms with E-state index in [1.807, 2.05) is 0 Å². The lowest BCUT2D eigenvalue weighted by atomic mass is 10.1. The van der Waals surface area contributed by atoms with Gasteiger partial charge < -0.3 is 24.9 Å². The monoisotopic (exact) mass is 258 g/mol. The van der Waals surface area contributed by atoms with Crippen molar-refractivity contribution < 1.29 is 24.2 Å². The first kappa shape index (κ1) is 14.3. The van der Waals surface area contributed by atoms with Gasteiger partial charge in [-0.2, -0.15) is 0 Å². The number of amides is 2. The van der Waals surface area contributed by atoms with Crippen molar-refractivity contribution in [3.05, 3.63) is 0 Å². The van der Waals surface area contributed by atoms with Crippen molar-refractivity contribution in [1.29, 1.82) is 0 Å². The number of carbonyl (C=O) groups excluding carboxylic acids is 2. The molecule has 2 atom stereocenters. The molecule has 1 fully saturated rings. The maximum Gasteiger partial charge on any atom is 0.410 e. The molecule has 1 heterocycles. The summed E-state index contributed by atoms with van der Waals surface area (Å²) in [5.74, 6) is -0.534. The minimum absolute atomic E-state index is 0.143. The molecule has 0 spiro atoms. The number of nitrogens with one attached hydrogen (secondary N) is 1. The van der Waals surface area contributed by atoms with Crippen molar-refractivity contribution in [2.24, 2.45) is 5.92 Å². The third-order valence-electron chi connectivity index (χ3n) is 2.50. The quantitative estimate of drug-likeness (QED) is 0.710. The Labute approximate surface area is 105 Å². The summed E-state index contributed by atoms with van der Waals surface area (Å²) in [4.78, 5) is 34.5. The van der Waals surface area contributed by atoms with Crippen LogP contribution in [-0.2, 0) is 9.53 Å². The average molecular weight is 258 g/mol. The number of nitrogens with zero attached hydrogens (tertiary/aromatic N) is 1. The van der Waals surface area contributed by atoms with Gasteiger partial charge in [0.25, 0.3) is 0 Å². The van der Waals surface area contributed by atoms with E-state index < -0.39 is 29.7 Å². The van der Waals surface area contributed by atoms with Gasteiger partial charge in [0.1, 0.15) is 11.9 Å². The summed E-state index contributed by atoms with van der Waals surface area (Å²) in [5, 5.41) is 10.9. The molecule has 0 bridgehead atoms. The summed E-state index contributed by atoms with van der Waals surface area (Å²) in [6, 6.07) is -0.576. The summed E-state index contributed by atoms with van der Waals surface area (Å²) < 4.78 is 5.16. The van der Waals surface area contributed by atoms with E-state index in [-0.39, 0.29) is 13.1 Å². The van der Waals surface area contributed by atoms with Crippen LogP contribution in [0.25, 0.3) is 0 Å². The highest BCUT2D eigenvalue weighted by Gasteiger charge is 2.37. The first-order valence-corrected chi connectivity index (χ1v) is 5.65. The van der Waals surface area contributed by atoms with Gasteiger partial charge in [0.05, 0.1) is 12.0 Å². The lowest BCUT2D eigenvalue weighted by Crippen LogP contribution is -2.41. The third kappa shape index (κ3) is 3.90. The Morgan fingerprint density at radius 3 is 2.44 bits per heavy atom. The average Bonchev–Trinajstić information content (AvgIpc) is 2.57. The molecule has 0 aromatic heterocycles. The zero-order valence-electron chi connectivity index (χ0n) is 10.7. The van der Waals surface area contributed by atoms with Gasteiger partial charge in [-0.3, -0.25) is 0 Å². The van der Waals surface area contributed by atoms with Crippen LogP contribution < -0.4 is 5.32 Å². The molecule has 2 N–H and O–H groups in total. The van der Waals surface area contributed by atoms with Gasteiger partial charge in [-0.05, 0) is 20.8 Å². The van der Waals surface area contributed by atoms with E-state index in [0.29, 0.717) is 6.29 Å². The van der Waals surface area contributed by atoms with Crippen molar-refractivity contribution in [2.75, 3.05) is 13.1 Å². The molecule has 2 amide bonds. The number of ether oxygens (including phenoxy) is 1. The summed E-state index contributed by atoms with van der Waals surface area (Å²) >= 11 is 0. The fourth-order valence-electron chi connectivity index (χ4n) is 1.75. The van der Waals surface area contributed by atoms with Crippen LogP contribution in [0.3, 0.4) is 0 Å². The summed E-state index contributed by atoms with van der Waals surface area (Å²) in [6.45, 7) is 5.54. The second kappa shape index (κ2) is 5.24. The number of hydrogen-bond donors (Lipinski definition) is 2. The highest BCUT2D eigenvalue weighted by Crippen LogP contribution is 2.18. The Balaban J connectivity index is 2.63. The van der Waals surface area contributed by atoms with E-state index in [1.165, 1.54) is 4.90 Å². The Morgan fingerprint density at radius 2 is 2.00 bits per heavy atom. The van der Waals surface area contributed by atoms with Crippen LogP contribution in [0.4, 0.5) is 9.59 Å². The summed E-state index contributed by atoms with van der Waals surface area (Å²) in [7, 11) is 0. The first-order valence-electron chi connectivity index (χ1n) is 5.65. The number of carboxylic acid groups (broad SMARTS) is 1. The van der Waals surface area contributed by atoms with E-state index in [1.54, 1.807) is 20.8 Å². The lowest BCUT2D eigenvalue weighted by Gasteiger charge is -2.24. The summed E-state index contributed by atoms with van der Waals surface area (Å²) in [5.41, 5.74) is -0.619. The molecule has 0 aliphatic carbocycles. The van der Waals surface area contributed by atoms with E-state index in [9.17, 15) is 14.4 Å². The van der Waals surface area contributed by atoms with Crippen LogP contribution in [0.15, 0.2) is 0 Å². The van der Waals surface area contributed by atoms with Gasteiger partial charge in [0.2, 0.25) is 0 Å². The van der Waals surface area contributed by atoms with Crippen LogP contribution in [0.1, 0.15) is 20.8 Å². The van der Waals surface area contributed by atoms with Gasteiger partial charge in [0.15, 0.2) is 0 Å². The predicted molar refractivity (Wildman–Crippen MR) is 62.3 cm³/mol. The second-order valence-corrected chi connectivity index (χ2v) is 5.24. The standard InChI is InChI=1S/C11H18N2O5/c1-11(2,3)18-10(17)13-4-7(6-14)8(5-13)12-9(15)16/h6-8,12H,4-5H2,1-3H3,(H,15,16). The maximum absolute atomic E-state index is 11.8. The van der Waals surface area contributed by atoms with Crippen LogP contribution >= 0.6 is 0 Å². The molecular weight excluding hydrogens is 240 g/mol. The van der Waals surface area contributed by atoms with Crippen molar-refractivity contribution in [2.45, 2.75) is 32.4 Å². The van der Waals surface area contributed by atoms with E-state index in [0.717, 1.165) is 0 Å². The molecule has 1 aliphatic rings. The van der Waals surface area contributed by atoms with Crippen LogP contribution in [0, 0.1) is 5.92 Å². The molecule has 7 heteroatoms. The minimum atomic E-state index is -1.21. The van der Waals surface area contributed by atoms with E-state index >= 15 is 0 Å². The molecule has 0 aromatic carbocycles. The van der Waals surface area contributed by atoms with Crippen molar-refractivity contribution in [3.8, 4) is 0 Å². The molecule has 1 aliphatic heterocycles. The zero-order chi connectivity index (χ0) is 13.9. The molecule has 2 unspecified atom stereocenters. The molecule has 102 valence electrons. The molecule has 0 aromatic rings. The fourth-order valence-corrected chi connectivity index (χ4v) is 1.75. The maximum atomic E-state index is 11.8. The largest absolute Gasteiger partial charge is 0.465 e. The highest BCUT2D eigenvalue weighted by atomic mass is 16.6. The first-order chi connectivity index (χ1) is 8.23. The Kier molecular flexibility index (Phi) is 4.15. The van der Waals surface area contributed by atoms with Crippen LogP contribution in [0.2, 0.25) is 0 Å². The highest BCUT2D eigenvalue weighted by molar-refractivity contribution is 5.72. The fraction of sp³-hybridized carbons (Fsp3) is 0.727. The Bertz CT molecular complexity index is 350. The molecule has 1 saturated heterocycles. The van der Waals surface area contributed by atoms with Crippen molar-refractivity contribution in [3.63, 3.8) is 0 Å². The smallest absolute Gasteiger partial charge is 0.410 e. The molecule has 0 radical (unpaired) electrons. The SMILES string of the molecule is CC(C)(C)OC(=O)N1CC(C=O)C(NC(=O)O)C1. The Hall–Kier alpha value is -1.79. The van der Waals surface area contributed by atoms with Crippen LogP contribution in [-0.4, -0.2) is 53.2 Å². The number of likely N-dealkylation sites (tertiary alicyclic amines) is 1. The van der Waals surface area contributed by atoms with Gasteiger partial charge in [0, 0.05) is 13.1 Å². The van der Waals surface area contributed by atoms with Gasteiger partial charge >= 0.3 is 12.2 Å². The summed E-state index contributed by atoms with van der Waals surface area (Å²) in [6.07, 6.45) is -1.09.